The third-order valence-electron chi connectivity index (χ3n) is 7.39. The lowest BCUT2D eigenvalue weighted by Gasteiger charge is -2.42. The second-order valence-electron chi connectivity index (χ2n) is 10.0. The molecule has 0 aliphatic carbocycles. The fourth-order valence-electron chi connectivity index (χ4n) is 5.78. The molecule has 0 saturated carbocycles. The number of hydrogen-bond donors (Lipinski definition) is 2. The Labute approximate surface area is 210 Å². The van der Waals surface area contributed by atoms with E-state index in [-0.39, 0.29) is 18.2 Å². The van der Waals surface area contributed by atoms with Gasteiger partial charge < -0.3 is 15.2 Å². The number of alkyl halides is 4. The Morgan fingerprint density at radius 1 is 1.16 bits per heavy atom. The predicted molar refractivity (Wildman–Crippen MR) is 129 cm³/mol. The smallest absolute Gasteiger partial charge is 0.381 e. The quantitative estimate of drug-likeness (QED) is 0.395. The molecular formula is C26H29F6N5. The first-order valence-electron chi connectivity index (χ1n) is 12.5. The van der Waals surface area contributed by atoms with Gasteiger partial charge in [0.2, 0.25) is 0 Å². The number of halogens is 6. The molecule has 11 heteroatoms. The highest BCUT2D eigenvalue weighted by Gasteiger charge is 2.43. The molecule has 0 amide bonds. The summed E-state index contributed by atoms with van der Waals surface area (Å²) >= 11 is 0. The van der Waals surface area contributed by atoms with Crippen molar-refractivity contribution in [1.82, 2.24) is 19.8 Å². The van der Waals surface area contributed by atoms with E-state index < -0.39 is 48.7 Å². The summed E-state index contributed by atoms with van der Waals surface area (Å²) in [6.45, 7) is 1.93. The topological polar surface area (TPSA) is 47.2 Å². The van der Waals surface area contributed by atoms with Crippen LogP contribution >= 0.6 is 0 Å². The number of benzene rings is 2. The van der Waals surface area contributed by atoms with E-state index >= 15 is 8.78 Å². The summed E-state index contributed by atoms with van der Waals surface area (Å²) in [5.74, 6) is -1.82. The zero-order valence-corrected chi connectivity index (χ0v) is 20.4. The van der Waals surface area contributed by atoms with Gasteiger partial charge in [-0.15, -0.1) is 0 Å². The first-order chi connectivity index (χ1) is 17.6. The highest BCUT2D eigenvalue weighted by Crippen LogP contribution is 2.43. The summed E-state index contributed by atoms with van der Waals surface area (Å²) < 4.78 is 84.5. The SMILES string of the molecule is C[C@@H]1Cc2c(ccc3[nH]cnc23)[C@@H](c2c(F)cc(N[C@H]3CCN(CCCF)C3)cc2F)N1CC(F)(F)F. The van der Waals surface area contributed by atoms with Crippen molar-refractivity contribution in [2.45, 2.75) is 50.5 Å². The number of aromatic nitrogens is 2. The van der Waals surface area contributed by atoms with Crippen LogP contribution in [0.25, 0.3) is 11.0 Å². The second-order valence-corrected chi connectivity index (χ2v) is 10.0. The third-order valence-corrected chi connectivity index (χ3v) is 7.39. The maximum atomic E-state index is 15.6. The monoisotopic (exact) mass is 525 g/mol. The number of anilines is 1. The van der Waals surface area contributed by atoms with Crippen molar-refractivity contribution in [2.24, 2.45) is 0 Å². The van der Waals surface area contributed by atoms with Crippen LogP contribution in [0.15, 0.2) is 30.6 Å². The molecule has 3 aromatic rings. The zero-order valence-electron chi connectivity index (χ0n) is 20.4. The summed E-state index contributed by atoms with van der Waals surface area (Å²) in [5, 5.41) is 3.13. The van der Waals surface area contributed by atoms with Gasteiger partial charge in [0.25, 0.3) is 0 Å². The normalized spacial score (nSPS) is 23.1. The van der Waals surface area contributed by atoms with Gasteiger partial charge in [-0.05, 0) is 55.5 Å². The molecule has 5 rings (SSSR count). The van der Waals surface area contributed by atoms with E-state index in [9.17, 15) is 17.6 Å². The highest BCUT2D eigenvalue weighted by molar-refractivity contribution is 5.80. The summed E-state index contributed by atoms with van der Waals surface area (Å²) in [4.78, 5) is 10.5. The number of rotatable bonds is 7. The Morgan fingerprint density at radius 3 is 2.62 bits per heavy atom. The number of nitrogens with zero attached hydrogens (tertiary/aromatic N) is 3. The number of H-pyrrole nitrogens is 1. The lowest BCUT2D eigenvalue weighted by molar-refractivity contribution is -0.155. The minimum absolute atomic E-state index is 0.0608. The molecule has 1 aromatic heterocycles. The first-order valence-corrected chi connectivity index (χ1v) is 12.5. The van der Waals surface area contributed by atoms with Crippen LogP contribution < -0.4 is 5.32 Å². The molecular weight excluding hydrogens is 496 g/mol. The number of nitrogens with one attached hydrogen (secondary N) is 2. The number of imidazole rings is 1. The number of aromatic amines is 1. The molecule has 1 fully saturated rings. The van der Waals surface area contributed by atoms with Gasteiger partial charge in [-0.1, -0.05) is 6.07 Å². The van der Waals surface area contributed by atoms with Gasteiger partial charge in [-0.25, -0.2) is 13.8 Å². The van der Waals surface area contributed by atoms with E-state index in [4.69, 9.17) is 0 Å². The molecule has 2 aliphatic rings. The van der Waals surface area contributed by atoms with Crippen LogP contribution in [0, 0.1) is 11.6 Å². The Balaban J connectivity index is 1.50. The average molecular weight is 526 g/mol. The van der Waals surface area contributed by atoms with Crippen molar-refractivity contribution in [1.29, 1.82) is 0 Å². The van der Waals surface area contributed by atoms with Gasteiger partial charge in [0.15, 0.2) is 0 Å². The molecule has 2 N–H and O–H groups in total. The van der Waals surface area contributed by atoms with Crippen LogP contribution in [0.2, 0.25) is 0 Å². The van der Waals surface area contributed by atoms with E-state index in [1.54, 1.807) is 19.1 Å². The zero-order chi connectivity index (χ0) is 26.3. The van der Waals surface area contributed by atoms with E-state index in [0.29, 0.717) is 41.7 Å². The van der Waals surface area contributed by atoms with Gasteiger partial charge in [0.1, 0.15) is 11.6 Å². The molecule has 5 nitrogen and oxygen atoms in total. The molecule has 1 saturated heterocycles. The van der Waals surface area contributed by atoms with Crippen LogP contribution in [-0.4, -0.2) is 70.9 Å². The van der Waals surface area contributed by atoms with E-state index in [0.717, 1.165) is 30.0 Å². The molecule has 200 valence electrons. The van der Waals surface area contributed by atoms with Crippen molar-refractivity contribution in [3.63, 3.8) is 0 Å². The van der Waals surface area contributed by atoms with Gasteiger partial charge in [-0.2, -0.15) is 13.2 Å². The minimum atomic E-state index is -4.55. The first kappa shape index (κ1) is 25.8. The summed E-state index contributed by atoms with van der Waals surface area (Å²) in [5.41, 5.74) is 2.23. The lowest BCUT2D eigenvalue weighted by atomic mass is 9.83. The fourth-order valence-corrected chi connectivity index (χ4v) is 5.78. The van der Waals surface area contributed by atoms with Crippen molar-refractivity contribution >= 4 is 16.7 Å². The molecule has 2 aliphatic heterocycles. The van der Waals surface area contributed by atoms with Crippen molar-refractivity contribution in [3.05, 3.63) is 58.9 Å². The Morgan fingerprint density at radius 2 is 1.92 bits per heavy atom. The largest absolute Gasteiger partial charge is 0.401 e. The summed E-state index contributed by atoms with van der Waals surface area (Å²) in [6, 6.07) is 3.65. The van der Waals surface area contributed by atoms with E-state index in [1.165, 1.54) is 6.33 Å². The molecule has 37 heavy (non-hydrogen) atoms. The van der Waals surface area contributed by atoms with Crippen LogP contribution in [0.3, 0.4) is 0 Å². The number of hydrogen-bond acceptors (Lipinski definition) is 4. The standard InChI is InChI=1S/C26H29F6N5/c1-15-9-19-18(3-4-22-24(19)34-14-33-22)25(37(15)13-26(30,31)32)23-20(28)10-17(11-21(23)29)35-16-5-8-36(12-16)7-2-6-27/h3-4,10-11,14-16,25,35H,2,5-9,12-13H2,1H3,(H,33,34)/t15-,16+,25+/m1/s1. The van der Waals surface area contributed by atoms with Crippen LogP contribution in [0.5, 0.6) is 0 Å². The fraction of sp³-hybridized carbons (Fsp3) is 0.500. The van der Waals surface area contributed by atoms with Gasteiger partial charge in [0.05, 0.1) is 36.6 Å². The molecule has 0 unspecified atom stereocenters. The maximum absolute atomic E-state index is 15.6. The molecule has 3 atom stereocenters. The molecule has 2 aromatic carbocycles. The van der Waals surface area contributed by atoms with Gasteiger partial charge >= 0.3 is 6.18 Å². The van der Waals surface area contributed by atoms with Crippen molar-refractivity contribution < 1.29 is 26.3 Å². The van der Waals surface area contributed by atoms with Crippen LogP contribution in [0.4, 0.5) is 32.0 Å². The van der Waals surface area contributed by atoms with Crippen LogP contribution in [0.1, 0.15) is 42.5 Å². The second kappa shape index (κ2) is 10.2. The summed E-state index contributed by atoms with van der Waals surface area (Å²) in [6.07, 6.45) is -1.61. The highest BCUT2D eigenvalue weighted by atomic mass is 19.4. The Bertz CT molecular complexity index is 1230. The Kier molecular flexibility index (Phi) is 7.10. The minimum Gasteiger partial charge on any atom is -0.381 e. The third kappa shape index (κ3) is 5.29. The molecule has 0 bridgehead atoms. The van der Waals surface area contributed by atoms with Crippen molar-refractivity contribution in [2.75, 3.05) is 38.2 Å². The summed E-state index contributed by atoms with van der Waals surface area (Å²) in [7, 11) is 0. The lowest BCUT2D eigenvalue weighted by Crippen LogP contribution is -2.47. The molecule has 0 radical (unpaired) electrons. The van der Waals surface area contributed by atoms with E-state index in [1.807, 2.05) is 0 Å². The van der Waals surface area contributed by atoms with Crippen molar-refractivity contribution in [3.8, 4) is 0 Å². The van der Waals surface area contributed by atoms with Gasteiger partial charge in [-0.3, -0.25) is 9.29 Å². The predicted octanol–water partition coefficient (Wildman–Crippen LogP) is 5.59. The molecule has 0 spiro atoms. The Hall–Kier alpha value is -2.79. The molecule has 3 heterocycles. The maximum Gasteiger partial charge on any atom is 0.401 e. The number of likely N-dealkylation sites (tertiary alicyclic amines) is 1. The van der Waals surface area contributed by atoms with Crippen LogP contribution in [-0.2, 0) is 6.42 Å². The number of fused-ring (bicyclic) bond motifs is 3. The average Bonchev–Trinajstić information content (AvgIpc) is 3.48. The van der Waals surface area contributed by atoms with E-state index in [2.05, 4.69) is 20.2 Å². The van der Waals surface area contributed by atoms with Gasteiger partial charge in [0, 0.05) is 43.0 Å².